The Morgan fingerprint density at radius 3 is 2.53 bits per heavy atom. The van der Waals surface area contributed by atoms with Crippen LogP contribution in [0.4, 0.5) is 0 Å². The second-order valence-corrected chi connectivity index (χ2v) is 5.87. The highest BCUT2D eigenvalue weighted by Gasteiger charge is 2.31. The standard InChI is InChI=1S/C13H26N2O2/c1-10(8-13(2,14)12(16)17)15(3)9-11-6-4-5-7-11/h10-11H,4-9,14H2,1-3H3,(H,16,17). The van der Waals surface area contributed by atoms with Gasteiger partial charge in [-0.1, -0.05) is 12.8 Å². The molecule has 17 heavy (non-hydrogen) atoms. The molecular formula is C13H26N2O2. The van der Waals surface area contributed by atoms with Crippen LogP contribution >= 0.6 is 0 Å². The van der Waals surface area contributed by atoms with Crippen molar-refractivity contribution in [3.05, 3.63) is 0 Å². The number of hydrogen-bond donors (Lipinski definition) is 2. The number of nitrogens with zero attached hydrogens (tertiary/aromatic N) is 1. The topological polar surface area (TPSA) is 66.6 Å². The largest absolute Gasteiger partial charge is 0.480 e. The summed E-state index contributed by atoms with van der Waals surface area (Å²) >= 11 is 0. The highest BCUT2D eigenvalue weighted by Crippen LogP contribution is 2.26. The van der Waals surface area contributed by atoms with Crippen LogP contribution in [-0.2, 0) is 4.79 Å². The van der Waals surface area contributed by atoms with Gasteiger partial charge in [-0.3, -0.25) is 4.79 Å². The monoisotopic (exact) mass is 242 g/mol. The summed E-state index contributed by atoms with van der Waals surface area (Å²) in [5.74, 6) is -0.130. The van der Waals surface area contributed by atoms with Crippen molar-refractivity contribution in [1.82, 2.24) is 4.90 Å². The molecule has 0 spiro atoms. The first kappa shape index (κ1) is 14.5. The van der Waals surface area contributed by atoms with Crippen molar-refractivity contribution >= 4 is 5.97 Å². The smallest absolute Gasteiger partial charge is 0.323 e. The summed E-state index contributed by atoms with van der Waals surface area (Å²) in [5.41, 5.74) is 4.66. The Labute approximate surface area is 104 Å². The Morgan fingerprint density at radius 2 is 2.06 bits per heavy atom. The van der Waals surface area contributed by atoms with E-state index in [4.69, 9.17) is 10.8 Å². The summed E-state index contributed by atoms with van der Waals surface area (Å²) in [6, 6.07) is 0.210. The van der Waals surface area contributed by atoms with E-state index in [0.29, 0.717) is 6.42 Å². The second-order valence-electron chi connectivity index (χ2n) is 5.87. The van der Waals surface area contributed by atoms with Crippen molar-refractivity contribution < 1.29 is 9.90 Å². The molecular weight excluding hydrogens is 216 g/mol. The minimum Gasteiger partial charge on any atom is -0.480 e. The maximum atomic E-state index is 11.0. The fourth-order valence-electron chi connectivity index (χ4n) is 2.64. The number of carboxylic acids is 1. The molecule has 1 aliphatic carbocycles. The first-order valence-electron chi connectivity index (χ1n) is 6.55. The van der Waals surface area contributed by atoms with E-state index < -0.39 is 11.5 Å². The maximum absolute atomic E-state index is 11.0. The number of aliphatic carboxylic acids is 1. The first-order valence-corrected chi connectivity index (χ1v) is 6.55. The minimum absolute atomic E-state index is 0.210. The lowest BCUT2D eigenvalue weighted by molar-refractivity contribution is -0.143. The molecule has 0 aromatic carbocycles. The molecule has 4 nitrogen and oxygen atoms in total. The average molecular weight is 242 g/mol. The molecule has 1 aliphatic rings. The Hall–Kier alpha value is -0.610. The predicted molar refractivity (Wildman–Crippen MR) is 68.9 cm³/mol. The lowest BCUT2D eigenvalue weighted by atomic mass is 9.94. The van der Waals surface area contributed by atoms with Gasteiger partial charge in [-0.15, -0.1) is 0 Å². The molecule has 0 aliphatic heterocycles. The van der Waals surface area contributed by atoms with E-state index in [1.54, 1.807) is 6.92 Å². The third kappa shape index (κ3) is 4.28. The zero-order valence-electron chi connectivity index (χ0n) is 11.3. The SMILES string of the molecule is CC(CC(C)(N)C(=O)O)N(C)CC1CCCC1. The van der Waals surface area contributed by atoms with Crippen LogP contribution in [-0.4, -0.2) is 41.1 Å². The lowest BCUT2D eigenvalue weighted by Crippen LogP contribution is -2.50. The van der Waals surface area contributed by atoms with E-state index in [-0.39, 0.29) is 6.04 Å². The third-order valence-electron chi connectivity index (χ3n) is 3.98. The van der Waals surface area contributed by atoms with Gasteiger partial charge in [0.2, 0.25) is 0 Å². The lowest BCUT2D eigenvalue weighted by Gasteiger charge is -2.31. The van der Waals surface area contributed by atoms with Crippen molar-refractivity contribution in [2.75, 3.05) is 13.6 Å². The molecule has 1 saturated carbocycles. The van der Waals surface area contributed by atoms with Gasteiger partial charge >= 0.3 is 5.97 Å². The van der Waals surface area contributed by atoms with Crippen LogP contribution in [0.25, 0.3) is 0 Å². The van der Waals surface area contributed by atoms with Gasteiger partial charge in [-0.25, -0.2) is 0 Å². The summed E-state index contributed by atoms with van der Waals surface area (Å²) in [6.07, 6.45) is 5.81. The normalized spacial score (nSPS) is 22.6. The molecule has 0 aromatic heterocycles. The van der Waals surface area contributed by atoms with E-state index in [9.17, 15) is 4.79 Å². The predicted octanol–water partition coefficient (Wildman–Crippen LogP) is 1.69. The highest BCUT2D eigenvalue weighted by molar-refractivity contribution is 5.77. The average Bonchev–Trinajstić information content (AvgIpc) is 2.69. The van der Waals surface area contributed by atoms with Crippen molar-refractivity contribution in [2.45, 2.75) is 57.5 Å². The third-order valence-corrected chi connectivity index (χ3v) is 3.98. The molecule has 3 N–H and O–H groups in total. The van der Waals surface area contributed by atoms with E-state index >= 15 is 0 Å². The van der Waals surface area contributed by atoms with Gasteiger partial charge in [-0.05, 0) is 46.1 Å². The van der Waals surface area contributed by atoms with Gasteiger partial charge in [0.1, 0.15) is 5.54 Å². The van der Waals surface area contributed by atoms with Crippen LogP contribution in [0.3, 0.4) is 0 Å². The summed E-state index contributed by atoms with van der Waals surface area (Å²) in [6.45, 7) is 4.72. The number of hydrogen-bond acceptors (Lipinski definition) is 3. The zero-order chi connectivity index (χ0) is 13.1. The molecule has 0 radical (unpaired) electrons. The van der Waals surface area contributed by atoms with Crippen molar-refractivity contribution in [2.24, 2.45) is 11.7 Å². The summed E-state index contributed by atoms with van der Waals surface area (Å²) in [7, 11) is 2.07. The molecule has 0 aromatic rings. The van der Waals surface area contributed by atoms with E-state index in [1.807, 2.05) is 0 Å². The number of carboxylic acid groups (broad SMARTS) is 1. The Balaban J connectivity index is 2.40. The molecule has 1 fully saturated rings. The van der Waals surface area contributed by atoms with E-state index in [1.165, 1.54) is 25.7 Å². The first-order chi connectivity index (χ1) is 7.83. The molecule has 2 unspecified atom stereocenters. The molecule has 100 valence electrons. The molecule has 0 saturated heterocycles. The van der Waals surface area contributed by atoms with Crippen molar-refractivity contribution in [3.63, 3.8) is 0 Å². The second kappa shape index (κ2) is 5.83. The van der Waals surface area contributed by atoms with E-state index in [0.717, 1.165) is 12.5 Å². The Bertz CT molecular complexity index is 260. The molecule has 0 heterocycles. The quantitative estimate of drug-likeness (QED) is 0.744. The van der Waals surface area contributed by atoms with Crippen molar-refractivity contribution in [1.29, 1.82) is 0 Å². The van der Waals surface area contributed by atoms with Gasteiger partial charge in [0.25, 0.3) is 0 Å². The summed E-state index contributed by atoms with van der Waals surface area (Å²) < 4.78 is 0. The maximum Gasteiger partial charge on any atom is 0.323 e. The highest BCUT2D eigenvalue weighted by atomic mass is 16.4. The fourth-order valence-corrected chi connectivity index (χ4v) is 2.64. The van der Waals surface area contributed by atoms with Gasteiger partial charge in [0.15, 0.2) is 0 Å². The van der Waals surface area contributed by atoms with Crippen LogP contribution in [0.2, 0.25) is 0 Å². The number of nitrogens with two attached hydrogens (primary N) is 1. The molecule has 1 rings (SSSR count). The van der Waals surface area contributed by atoms with Crippen LogP contribution in [0.5, 0.6) is 0 Å². The van der Waals surface area contributed by atoms with E-state index in [2.05, 4.69) is 18.9 Å². The van der Waals surface area contributed by atoms with Crippen LogP contribution in [0.1, 0.15) is 46.0 Å². The zero-order valence-corrected chi connectivity index (χ0v) is 11.3. The minimum atomic E-state index is -1.12. The van der Waals surface area contributed by atoms with Crippen molar-refractivity contribution in [3.8, 4) is 0 Å². The molecule has 0 amide bonds. The summed E-state index contributed by atoms with van der Waals surface area (Å²) in [5, 5.41) is 9.01. The molecule has 0 bridgehead atoms. The van der Waals surface area contributed by atoms with Gasteiger partial charge in [-0.2, -0.15) is 0 Å². The Kier molecular flexibility index (Phi) is 4.95. The van der Waals surface area contributed by atoms with Gasteiger partial charge < -0.3 is 15.7 Å². The van der Waals surface area contributed by atoms with Gasteiger partial charge in [0.05, 0.1) is 0 Å². The van der Waals surface area contributed by atoms with Crippen LogP contribution < -0.4 is 5.73 Å². The molecule has 2 atom stereocenters. The number of carbonyl (C=O) groups is 1. The number of rotatable bonds is 6. The summed E-state index contributed by atoms with van der Waals surface area (Å²) in [4.78, 5) is 13.2. The fraction of sp³-hybridized carbons (Fsp3) is 0.923. The Morgan fingerprint density at radius 1 is 1.53 bits per heavy atom. The van der Waals surface area contributed by atoms with Gasteiger partial charge in [0, 0.05) is 12.6 Å². The van der Waals surface area contributed by atoms with Crippen LogP contribution in [0, 0.1) is 5.92 Å². The van der Waals surface area contributed by atoms with Crippen LogP contribution in [0.15, 0.2) is 0 Å². The molecule has 4 heteroatoms.